The van der Waals surface area contributed by atoms with Gasteiger partial charge in [-0.3, -0.25) is 4.79 Å². The van der Waals surface area contributed by atoms with Crippen molar-refractivity contribution in [1.82, 2.24) is 5.43 Å². The molecule has 3 aromatic rings. The van der Waals surface area contributed by atoms with Gasteiger partial charge in [-0.1, -0.05) is 53.5 Å². The molecule has 3 aromatic carbocycles. The van der Waals surface area contributed by atoms with Crippen LogP contribution in [0, 0.1) is 0 Å². The van der Waals surface area contributed by atoms with Gasteiger partial charge < -0.3 is 5.11 Å². The van der Waals surface area contributed by atoms with E-state index in [4.69, 9.17) is 23.2 Å². The SMILES string of the molecule is O=C(N/N=C/c1ccc(Cl)c(Cl)c1)c1cc2ccccc2cc1O. The molecule has 0 fully saturated rings. The molecule has 0 saturated heterocycles. The maximum Gasteiger partial charge on any atom is 0.275 e. The maximum atomic E-state index is 12.2. The van der Waals surface area contributed by atoms with Crippen LogP contribution in [-0.4, -0.2) is 17.2 Å². The van der Waals surface area contributed by atoms with Crippen molar-refractivity contribution in [1.29, 1.82) is 0 Å². The maximum absolute atomic E-state index is 12.2. The van der Waals surface area contributed by atoms with E-state index in [1.807, 2.05) is 24.3 Å². The molecule has 0 aromatic heterocycles. The molecule has 0 spiro atoms. The molecular weight excluding hydrogens is 347 g/mol. The van der Waals surface area contributed by atoms with Gasteiger partial charge >= 0.3 is 0 Å². The number of nitrogens with one attached hydrogen (secondary N) is 1. The number of nitrogens with zero attached hydrogens (tertiary/aromatic N) is 1. The molecule has 0 heterocycles. The predicted molar refractivity (Wildman–Crippen MR) is 97.1 cm³/mol. The number of phenols is 1. The van der Waals surface area contributed by atoms with Crippen LogP contribution < -0.4 is 5.43 Å². The first-order chi connectivity index (χ1) is 11.5. The van der Waals surface area contributed by atoms with Gasteiger partial charge in [0.1, 0.15) is 5.75 Å². The zero-order valence-electron chi connectivity index (χ0n) is 12.3. The third kappa shape index (κ3) is 3.50. The third-order valence-electron chi connectivity index (χ3n) is 3.43. The van der Waals surface area contributed by atoms with E-state index < -0.39 is 5.91 Å². The quantitative estimate of drug-likeness (QED) is 0.530. The number of hydrazone groups is 1. The summed E-state index contributed by atoms with van der Waals surface area (Å²) >= 11 is 11.7. The second-order valence-corrected chi connectivity index (χ2v) is 5.90. The average Bonchev–Trinajstić information content (AvgIpc) is 2.57. The van der Waals surface area contributed by atoms with Gasteiger partial charge in [-0.2, -0.15) is 5.10 Å². The van der Waals surface area contributed by atoms with Crippen LogP contribution in [0.15, 0.2) is 59.7 Å². The second-order valence-electron chi connectivity index (χ2n) is 5.09. The van der Waals surface area contributed by atoms with Crippen molar-refractivity contribution in [3.8, 4) is 5.75 Å². The summed E-state index contributed by atoms with van der Waals surface area (Å²) < 4.78 is 0. The molecule has 2 N–H and O–H groups in total. The van der Waals surface area contributed by atoms with Gasteiger partial charge in [-0.15, -0.1) is 0 Å². The van der Waals surface area contributed by atoms with Crippen LogP contribution >= 0.6 is 23.2 Å². The third-order valence-corrected chi connectivity index (χ3v) is 4.17. The Bertz CT molecular complexity index is 955. The number of amides is 1. The monoisotopic (exact) mass is 358 g/mol. The topological polar surface area (TPSA) is 61.7 Å². The largest absolute Gasteiger partial charge is 0.507 e. The highest BCUT2D eigenvalue weighted by Crippen LogP contribution is 2.25. The first-order valence-corrected chi connectivity index (χ1v) is 7.80. The summed E-state index contributed by atoms with van der Waals surface area (Å²) in [5, 5.41) is 16.4. The minimum absolute atomic E-state index is 0.101. The molecule has 0 saturated carbocycles. The Morgan fingerprint density at radius 1 is 1.00 bits per heavy atom. The van der Waals surface area contributed by atoms with E-state index in [1.165, 1.54) is 6.21 Å². The molecule has 4 nitrogen and oxygen atoms in total. The highest BCUT2D eigenvalue weighted by Gasteiger charge is 2.11. The Kier molecular flexibility index (Phi) is 4.69. The number of hydrogen-bond donors (Lipinski definition) is 2. The lowest BCUT2D eigenvalue weighted by Crippen LogP contribution is -2.17. The summed E-state index contributed by atoms with van der Waals surface area (Å²) in [6, 6.07) is 15.6. The van der Waals surface area contributed by atoms with Gasteiger partial charge in [0.25, 0.3) is 5.91 Å². The van der Waals surface area contributed by atoms with Crippen LogP contribution in [0.4, 0.5) is 0 Å². The number of hydrogen-bond acceptors (Lipinski definition) is 3. The summed E-state index contributed by atoms with van der Waals surface area (Å²) in [6.45, 7) is 0. The van der Waals surface area contributed by atoms with Gasteiger partial charge in [-0.25, -0.2) is 5.43 Å². The molecule has 0 atom stereocenters. The minimum atomic E-state index is -0.505. The predicted octanol–water partition coefficient (Wildman–Crippen LogP) is 4.62. The molecular formula is C18H12Cl2N2O2. The number of benzene rings is 3. The summed E-state index contributed by atoms with van der Waals surface area (Å²) in [4.78, 5) is 12.2. The lowest BCUT2D eigenvalue weighted by molar-refractivity contribution is 0.0952. The molecule has 0 aliphatic heterocycles. The van der Waals surface area contributed by atoms with Crippen LogP contribution in [0.5, 0.6) is 5.75 Å². The Morgan fingerprint density at radius 2 is 1.71 bits per heavy atom. The molecule has 3 rings (SSSR count). The molecule has 0 radical (unpaired) electrons. The Labute approximate surface area is 148 Å². The summed E-state index contributed by atoms with van der Waals surface area (Å²) in [5.41, 5.74) is 3.22. The zero-order chi connectivity index (χ0) is 17.1. The Balaban J connectivity index is 1.78. The zero-order valence-corrected chi connectivity index (χ0v) is 13.8. The standard InChI is InChI=1S/C18H12Cl2N2O2/c19-15-6-5-11(7-16(15)20)10-21-22-18(24)14-8-12-3-1-2-4-13(12)9-17(14)23/h1-10,23H,(H,22,24)/b21-10+. The van der Waals surface area contributed by atoms with Crippen LogP contribution in [0.25, 0.3) is 10.8 Å². The molecule has 0 aliphatic carbocycles. The van der Waals surface area contributed by atoms with Crippen molar-refractivity contribution in [3.63, 3.8) is 0 Å². The first kappa shape index (κ1) is 16.3. The fourth-order valence-electron chi connectivity index (χ4n) is 2.23. The van der Waals surface area contributed by atoms with Gasteiger partial charge in [0.05, 0.1) is 21.8 Å². The molecule has 120 valence electrons. The van der Waals surface area contributed by atoms with Crippen LogP contribution in [0.3, 0.4) is 0 Å². The fraction of sp³-hybridized carbons (Fsp3) is 0. The van der Waals surface area contributed by atoms with Crippen molar-refractivity contribution < 1.29 is 9.90 Å². The van der Waals surface area contributed by atoms with E-state index in [1.54, 1.807) is 30.3 Å². The van der Waals surface area contributed by atoms with E-state index in [-0.39, 0.29) is 11.3 Å². The lowest BCUT2D eigenvalue weighted by Gasteiger charge is -2.05. The Hall–Kier alpha value is -2.56. The number of aromatic hydroxyl groups is 1. The van der Waals surface area contributed by atoms with Crippen molar-refractivity contribution in [2.45, 2.75) is 0 Å². The number of phenolic OH excluding ortho intramolecular Hbond substituents is 1. The molecule has 0 aliphatic rings. The molecule has 0 bridgehead atoms. The molecule has 24 heavy (non-hydrogen) atoms. The van der Waals surface area contributed by atoms with Crippen molar-refractivity contribution >= 4 is 46.1 Å². The van der Waals surface area contributed by atoms with E-state index in [0.717, 1.165) is 10.8 Å². The normalized spacial score (nSPS) is 11.1. The van der Waals surface area contributed by atoms with Gasteiger partial charge in [0, 0.05) is 0 Å². The molecule has 6 heteroatoms. The summed E-state index contributed by atoms with van der Waals surface area (Å²) in [7, 11) is 0. The van der Waals surface area contributed by atoms with Crippen LogP contribution in [0.1, 0.15) is 15.9 Å². The molecule has 0 unspecified atom stereocenters. The summed E-state index contributed by atoms with van der Waals surface area (Å²) in [6.07, 6.45) is 1.44. The second kappa shape index (κ2) is 6.91. The van der Waals surface area contributed by atoms with Gasteiger partial charge in [0.2, 0.25) is 0 Å². The number of carbonyl (C=O) groups is 1. The van der Waals surface area contributed by atoms with Crippen molar-refractivity contribution in [2.24, 2.45) is 5.10 Å². The van der Waals surface area contributed by atoms with E-state index in [9.17, 15) is 9.90 Å². The lowest BCUT2D eigenvalue weighted by atomic mass is 10.1. The highest BCUT2D eigenvalue weighted by atomic mass is 35.5. The van der Waals surface area contributed by atoms with Gasteiger partial charge in [-0.05, 0) is 40.6 Å². The van der Waals surface area contributed by atoms with Crippen molar-refractivity contribution in [3.05, 3.63) is 75.8 Å². The van der Waals surface area contributed by atoms with Crippen LogP contribution in [-0.2, 0) is 0 Å². The fourth-order valence-corrected chi connectivity index (χ4v) is 2.54. The number of rotatable bonds is 3. The van der Waals surface area contributed by atoms with E-state index >= 15 is 0 Å². The smallest absolute Gasteiger partial charge is 0.275 e. The van der Waals surface area contributed by atoms with Crippen LogP contribution in [0.2, 0.25) is 10.0 Å². The van der Waals surface area contributed by atoms with E-state index in [2.05, 4.69) is 10.5 Å². The first-order valence-electron chi connectivity index (χ1n) is 7.05. The van der Waals surface area contributed by atoms with Gasteiger partial charge in [0.15, 0.2) is 0 Å². The number of halogens is 2. The van der Waals surface area contributed by atoms with E-state index in [0.29, 0.717) is 15.6 Å². The number of carbonyl (C=O) groups excluding carboxylic acids is 1. The Morgan fingerprint density at radius 3 is 2.42 bits per heavy atom. The summed E-state index contributed by atoms with van der Waals surface area (Å²) in [5.74, 6) is -0.606. The highest BCUT2D eigenvalue weighted by molar-refractivity contribution is 6.42. The average molecular weight is 359 g/mol. The molecule has 1 amide bonds. The number of fused-ring (bicyclic) bond motifs is 1. The minimum Gasteiger partial charge on any atom is -0.507 e. The van der Waals surface area contributed by atoms with Crippen molar-refractivity contribution in [2.75, 3.05) is 0 Å².